The molecule has 1 amide bonds. The van der Waals surface area contributed by atoms with Crippen LogP contribution >= 0.6 is 0 Å². The molecule has 1 aromatic carbocycles. The first kappa shape index (κ1) is 20.4. The molecule has 0 unspecified atom stereocenters. The third-order valence-electron chi connectivity index (χ3n) is 4.34. The van der Waals surface area contributed by atoms with Gasteiger partial charge in [-0.2, -0.15) is 0 Å². The first-order valence-corrected chi connectivity index (χ1v) is 9.08. The summed E-state index contributed by atoms with van der Waals surface area (Å²) in [7, 11) is 0. The summed E-state index contributed by atoms with van der Waals surface area (Å²) in [6.07, 6.45) is 0.738. The summed E-state index contributed by atoms with van der Waals surface area (Å²) in [6, 6.07) is 4.88. The predicted molar refractivity (Wildman–Crippen MR) is 100 cm³/mol. The van der Waals surface area contributed by atoms with E-state index in [1.54, 1.807) is 0 Å². The van der Waals surface area contributed by atoms with Crippen LogP contribution in [0.2, 0.25) is 0 Å². The highest BCUT2D eigenvalue weighted by atomic mass is 16.5. The minimum Gasteiger partial charge on any atom is -0.480 e. The highest BCUT2D eigenvalue weighted by molar-refractivity contribution is 5.94. The van der Waals surface area contributed by atoms with E-state index in [9.17, 15) is 14.7 Å². The van der Waals surface area contributed by atoms with Crippen molar-refractivity contribution in [1.29, 1.82) is 0 Å². The lowest BCUT2D eigenvalue weighted by molar-refractivity contribution is -0.141. The molecule has 2 rings (SSSR count). The van der Waals surface area contributed by atoms with Crippen LogP contribution in [0.1, 0.15) is 24.0 Å². The Bertz CT molecular complexity index is 595. The number of carboxylic acid groups (broad SMARTS) is 1. The van der Waals surface area contributed by atoms with E-state index in [1.165, 1.54) is 0 Å². The molecule has 3 N–H and O–H groups in total. The Balaban J connectivity index is 1.75. The van der Waals surface area contributed by atoms with Gasteiger partial charge in [-0.3, -0.25) is 14.5 Å². The van der Waals surface area contributed by atoms with Crippen molar-refractivity contribution in [3.05, 3.63) is 29.3 Å². The van der Waals surface area contributed by atoms with Crippen LogP contribution in [-0.4, -0.2) is 67.3 Å². The van der Waals surface area contributed by atoms with Crippen LogP contribution in [-0.2, 0) is 14.3 Å². The van der Waals surface area contributed by atoms with Crippen LogP contribution in [0.25, 0.3) is 0 Å². The van der Waals surface area contributed by atoms with E-state index in [0.717, 1.165) is 50.4 Å². The molecule has 1 saturated heterocycles. The van der Waals surface area contributed by atoms with Gasteiger partial charge in [0.05, 0.1) is 19.6 Å². The van der Waals surface area contributed by atoms with E-state index in [0.29, 0.717) is 12.2 Å². The molecule has 0 spiro atoms. The number of hydrogen-bond donors (Lipinski definition) is 3. The third kappa shape index (κ3) is 7.11. The van der Waals surface area contributed by atoms with Crippen molar-refractivity contribution in [2.75, 3.05) is 44.7 Å². The zero-order valence-electron chi connectivity index (χ0n) is 15.6. The second-order valence-electron chi connectivity index (χ2n) is 6.78. The molecule has 1 aliphatic rings. The number of anilines is 1. The van der Waals surface area contributed by atoms with Gasteiger partial charge in [-0.05, 0) is 56.6 Å². The summed E-state index contributed by atoms with van der Waals surface area (Å²) < 4.78 is 5.30. The number of hydrogen-bond acceptors (Lipinski definition) is 5. The number of amides is 1. The van der Waals surface area contributed by atoms with E-state index in [4.69, 9.17) is 4.74 Å². The highest BCUT2D eigenvalue weighted by Crippen LogP contribution is 2.14. The Hall–Kier alpha value is -1.96. The van der Waals surface area contributed by atoms with Crippen LogP contribution in [0.4, 0.5) is 5.69 Å². The Morgan fingerprint density at radius 2 is 1.85 bits per heavy atom. The van der Waals surface area contributed by atoms with E-state index < -0.39 is 12.0 Å². The van der Waals surface area contributed by atoms with Crippen molar-refractivity contribution >= 4 is 17.6 Å². The minimum atomic E-state index is -1.01. The Kier molecular flexibility index (Phi) is 8.03. The van der Waals surface area contributed by atoms with Crippen molar-refractivity contribution in [3.8, 4) is 0 Å². The number of nitrogens with zero attached hydrogens (tertiary/aromatic N) is 1. The summed E-state index contributed by atoms with van der Waals surface area (Å²) in [5, 5.41) is 15.1. The van der Waals surface area contributed by atoms with Crippen LogP contribution in [0.15, 0.2) is 18.2 Å². The number of ether oxygens (including phenoxy) is 1. The second kappa shape index (κ2) is 10.3. The number of carbonyl (C=O) groups is 2. The molecule has 1 fully saturated rings. The number of morpholine rings is 1. The molecule has 0 aromatic heterocycles. The van der Waals surface area contributed by atoms with Gasteiger partial charge in [-0.25, -0.2) is 0 Å². The molecule has 7 heteroatoms. The van der Waals surface area contributed by atoms with E-state index in [2.05, 4.69) is 15.5 Å². The molecule has 0 radical (unpaired) electrons. The number of rotatable bonds is 9. The Labute approximate surface area is 154 Å². The topological polar surface area (TPSA) is 90.9 Å². The molecule has 1 aliphatic heterocycles. The standard InChI is InChI=1S/C19H29N3O4/c1-14-10-15(2)12-16(11-14)21-18(23)13-17(19(24)25)20-4-3-5-22-6-8-26-9-7-22/h10-12,17,20H,3-9,13H2,1-2H3,(H,21,23)(H,24,25)/t17-/m0/s1. The van der Waals surface area contributed by atoms with Crippen molar-refractivity contribution in [1.82, 2.24) is 10.2 Å². The maximum Gasteiger partial charge on any atom is 0.321 e. The van der Waals surface area contributed by atoms with Gasteiger partial charge in [0.15, 0.2) is 0 Å². The van der Waals surface area contributed by atoms with Crippen LogP contribution in [0, 0.1) is 13.8 Å². The van der Waals surface area contributed by atoms with Gasteiger partial charge in [0.1, 0.15) is 6.04 Å². The number of carbonyl (C=O) groups excluding carboxylic acids is 1. The first-order chi connectivity index (χ1) is 12.4. The summed E-state index contributed by atoms with van der Waals surface area (Å²) in [5.41, 5.74) is 2.80. The number of benzene rings is 1. The maximum absolute atomic E-state index is 12.2. The molecule has 7 nitrogen and oxygen atoms in total. The van der Waals surface area contributed by atoms with E-state index in [1.807, 2.05) is 32.0 Å². The molecule has 26 heavy (non-hydrogen) atoms. The number of nitrogens with one attached hydrogen (secondary N) is 2. The zero-order chi connectivity index (χ0) is 18.9. The molecule has 1 aromatic rings. The molecule has 1 atom stereocenters. The lowest BCUT2D eigenvalue weighted by atomic mass is 10.1. The van der Waals surface area contributed by atoms with Crippen molar-refractivity contribution in [3.63, 3.8) is 0 Å². The van der Waals surface area contributed by atoms with Gasteiger partial charge in [0.25, 0.3) is 0 Å². The summed E-state index contributed by atoms with van der Waals surface area (Å²) in [5.74, 6) is -1.31. The van der Waals surface area contributed by atoms with Crippen LogP contribution in [0.3, 0.4) is 0 Å². The normalized spacial score (nSPS) is 16.2. The van der Waals surface area contributed by atoms with E-state index in [-0.39, 0.29) is 12.3 Å². The zero-order valence-corrected chi connectivity index (χ0v) is 15.6. The van der Waals surface area contributed by atoms with Crippen molar-refractivity contribution in [2.45, 2.75) is 32.7 Å². The molecular formula is C19H29N3O4. The summed E-state index contributed by atoms with van der Waals surface area (Å²) in [6.45, 7) is 8.72. The fourth-order valence-electron chi connectivity index (χ4n) is 3.09. The van der Waals surface area contributed by atoms with E-state index >= 15 is 0 Å². The fourth-order valence-corrected chi connectivity index (χ4v) is 3.09. The van der Waals surface area contributed by atoms with Gasteiger partial charge in [-0.15, -0.1) is 0 Å². The molecule has 0 saturated carbocycles. The lowest BCUT2D eigenvalue weighted by Gasteiger charge is -2.26. The Morgan fingerprint density at radius 3 is 2.46 bits per heavy atom. The van der Waals surface area contributed by atoms with Crippen LogP contribution in [0.5, 0.6) is 0 Å². The second-order valence-corrected chi connectivity index (χ2v) is 6.78. The largest absolute Gasteiger partial charge is 0.480 e. The average Bonchev–Trinajstić information content (AvgIpc) is 2.57. The van der Waals surface area contributed by atoms with Gasteiger partial charge < -0.3 is 20.5 Å². The smallest absolute Gasteiger partial charge is 0.321 e. The van der Waals surface area contributed by atoms with Crippen molar-refractivity contribution in [2.24, 2.45) is 0 Å². The number of aryl methyl sites for hydroxylation is 2. The van der Waals surface area contributed by atoms with Gasteiger partial charge in [0, 0.05) is 18.8 Å². The summed E-state index contributed by atoms with van der Waals surface area (Å²) in [4.78, 5) is 25.9. The van der Waals surface area contributed by atoms with Gasteiger partial charge in [-0.1, -0.05) is 6.07 Å². The molecule has 144 valence electrons. The first-order valence-electron chi connectivity index (χ1n) is 9.08. The van der Waals surface area contributed by atoms with Crippen LogP contribution < -0.4 is 10.6 Å². The highest BCUT2D eigenvalue weighted by Gasteiger charge is 2.21. The van der Waals surface area contributed by atoms with Gasteiger partial charge >= 0.3 is 5.97 Å². The third-order valence-corrected chi connectivity index (χ3v) is 4.34. The lowest BCUT2D eigenvalue weighted by Crippen LogP contribution is -2.42. The minimum absolute atomic E-state index is 0.0973. The molecule has 1 heterocycles. The average molecular weight is 363 g/mol. The Morgan fingerprint density at radius 1 is 1.19 bits per heavy atom. The monoisotopic (exact) mass is 363 g/mol. The molecule has 0 aliphatic carbocycles. The van der Waals surface area contributed by atoms with Gasteiger partial charge in [0.2, 0.25) is 5.91 Å². The molecular weight excluding hydrogens is 334 g/mol. The quantitative estimate of drug-likeness (QED) is 0.575. The predicted octanol–water partition coefficient (Wildman–Crippen LogP) is 1.40. The SMILES string of the molecule is Cc1cc(C)cc(NC(=O)C[C@H](NCCCN2CCOCC2)C(=O)O)c1. The molecule has 0 bridgehead atoms. The number of aliphatic carboxylic acids is 1. The maximum atomic E-state index is 12.2. The fraction of sp³-hybridized carbons (Fsp3) is 0.579. The summed E-state index contributed by atoms with van der Waals surface area (Å²) >= 11 is 0. The number of carboxylic acids is 1. The van der Waals surface area contributed by atoms with Crippen molar-refractivity contribution < 1.29 is 19.4 Å².